The van der Waals surface area contributed by atoms with Crippen molar-refractivity contribution < 1.29 is 4.39 Å². The smallest absolute Gasteiger partial charge is 0.155 e. The Balaban J connectivity index is 2.23. The van der Waals surface area contributed by atoms with Gasteiger partial charge in [0.1, 0.15) is 5.82 Å². The molecule has 1 aromatic carbocycles. The summed E-state index contributed by atoms with van der Waals surface area (Å²) < 4.78 is 12.8. The fourth-order valence-corrected chi connectivity index (χ4v) is 1.54. The standard InChI is InChI=1S/C12H11ClFN3/c1-17(11-5-2-9(14)3-6-11)12-7-4-10(8-13)15-16-12/h2-7H,8H2,1H3. The van der Waals surface area contributed by atoms with Gasteiger partial charge in [-0.2, -0.15) is 5.10 Å². The van der Waals surface area contributed by atoms with Crippen molar-refractivity contribution in [1.29, 1.82) is 0 Å². The Morgan fingerprint density at radius 2 is 1.82 bits per heavy atom. The molecule has 2 rings (SSSR count). The number of rotatable bonds is 3. The van der Waals surface area contributed by atoms with E-state index in [0.717, 1.165) is 11.4 Å². The quantitative estimate of drug-likeness (QED) is 0.785. The van der Waals surface area contributed by atoms with Crippen molar-refractivity contribution in [1.82, 2.24) is 10.2 Å². The minimum atomic E-state index is -0.259. The van der Waals surface area contributed by atoms with Crippen molar-refractivity contribution in [2.45, 2.75) is 5.88 Å². The van der Waals surface area contributed by atoms with E-state index in [1.54, 1.807) is 12.1 Å². The Morgan fingerprint density at radius 1 is 1.12 bits per heavy atom. The molecule has 0 saturated carbocycles. The lowest BCUT2D eigenvalue weighted by Crippen LogP contribution is -2.12. The molecule has 1 aromatic heterocycles. The van der Waals surface area contributed by atoms with Gasteiger partial charge in [-0.1, -0.05) is 0 Å². The van der Waals surface area contributed by atoms with Gasteiger partial charge in [0, 0.05) is 12.7 Å². The molecule has 0 saturated heterocycles. The van der Waals surface area contributed by atoms with Gasteiger partial charge < -0.3 is 4.90 Å². The molecule has 0 atom stereocenters. The molecule has 1 heterocycles. The van der Waals surface area contributed by atoms with E-state index in [1.165, 1.54) is 12.1 Å². The predicted molar refractivity (Wildman–Crippen MR) is 66.1 cm³/mol. The van der Waals surface area contributed by atoms with E-state index in [9.17, 15) is 4.39 Å². The third-order valence-corrected chi connectivity index (χ3v) is 2.67. The molecule has 0 unspecified atom stereocenters. The lowest BCUT2D eigenvalue weighted by molar-refractivity contribution is 0.628. The Kier molecular flexibility index (Phi) is 3.54. The molecule has 0 fully saturated rings. The number of aromatic nitrogens is 2. The summed E-state index contributed by atoms with van der Waals surface area (Å²) in [6.45, 7) is 0. The molecule has 88 valence electrons. The van der Waals surface area contributed by atoms with Crippen LogP contribution in [0.15, 0.2) is 36.4 Å². The highest BCUT2D eigenvalue weighted by Gasteiger charge is 2.06. The van der Waals surface area contributed by atoms with E-state index in [2.05, 4.69) is 10.2 Å². The average molecular weight is 252 g/mol. The van der Waals surface area contributed by atoms with Crippen LogP contribution in [0.25, 0.3) is 0 Å². The maximum atomic E-state index is 12.8. The average Bonchev–Trinajstić information content (AvgIpc) is 2.39. The molecule has 0 aliphatic heterocycles. The predicted octanol–water partition coefficient (Wildman–Crippen LogP) is 3.12. The van der Waals surface area contributed by atoms with Gasteiger partial charge in [-0.15, -0.1) is 16.7 Å². The number of alkyl halides is 1. The van der Waals surface area contributed by atoms with Crippen molar-refractivity contribution >= 4 is 23.1 Å². The number of anilines is 2. The summed E-state index contributed by atoms with van der Waals surface area (Å²) >= 11 is 5.64. The van der Waals surface area contributed by atoms with Crippen molar-refractivity contribution in [3.63, 3.8) is 0 Å². The zero-order valence-corrected chi connectivity index (χ0v) is 10.0. The summed E-state index contributed by atoms with van der Waals surface area (Å²) in [7, 11) is 1.84. The van der Waals surface area contributed by atoms with Crippen LogP contribution in [0.5, 0.6) is 0 Å². The Labute approximate surface area is 104 Å². The zero-order chi connectivity index (χ0) is 12.3. The summed E-state index contributed by atoms with van der Waals surface area (Å²) in [4.78, 5) is 1.82. The van der Waals surface area contributed by atoms with Crippen LogP contribution >= 0.6 is 11.6 Å². The SMILES string of the molecule is CN(c1ccc(F)cc1)c1ccc(CCl)nn1. The van der Waals surface area contributed by atoms with Crippen molar-refractivity contribution in [3.8, 4) is 0 Å². The highest BCUT2D eigenvalue weighted by atomic mass is 35.5. The molecule has 0 bridgehead atoms. The number of halogens is 2. The highest BCUT2D eigenvalue weighted by Crippen LogP contribution is 2.21. The van der Waals surface area contributed by atoms with E-state index < -0.39 is 0 Å². The van der Waals surface area contributed by atoms with E-state index in [0.29, 0.717) is 11.7 Å². The number of benzene rings is 1. The second kappa shape index (κ2) is 5.10. The van der Waals surface area contributed by atoms with Gasteiger partial charge in [0.25, 0.3) is 0 Å². The third kappa shape index (κ3) is 2.71. The summed E-state index contributed by atoms with van der Waals surface area (Å²) in [6, 6.07) is 9.83. The van der Waals surface area contributed by atoms with Crippen molar-refractivity contribution in [3.05, 3.63) is 47.9 Å². The molecule has 0 N–H and O–H groups in total. The summed E-state index contributed by atoms with van der Waals surface area (Å²) in [5, 5.41) is 8.01. The molecule has 0 spiro atoms. The molecule has 0 radical (unpaired) electrons. The molecule has 2 aromatic rings. The van der Waals surface area contributed by atoms with Crippen LogP contribution in [0.1, 0.15) is 5.69 Å². The maximum Gasteiger partial charge on any atom is 0.155 e. The van der Waals surface area contributed by atoms with Gasteiger partial charge in [0.2, 0.25) is 0 Å². The van der Waals surface area contributed by atoms with Gasteiger partial charge in [0.15, 0.2) is 5.82 Å². The first-order valence-corrected chi connectivity index (χ1v) is 5.62. The fraction of sp³-hybridized carbons (Fsp3) is 0.167. The second-order valence-electron chi connectivity index (χ2n) is 3.55. The topological polar surface area (TPSA) is 29.0 Å². The third-order valence-electron chi connectivity index (χ3n) is 2.40. The Hall–Kier alpha value is -1.68. The molecule has 3 nitrogen and oxygen atoms in total. The minimum Gasteiger partial charge on any atom is -0.328 e. The monoisotopic (exact) mass is 251 g/mol. The van der Waals surface area contributed by atoms with Crippen LogP contribution in [0, 0.1) is 5.82 Å². The fourth-order valence-electron chi connectivity index (χ4n) is 1.40. The van der Waals surface area contributed by atoms with Crippen LogP contribution in [0.4, 0.5) is 15.9 Å². The van der Waals surface area contributed by atoms with Crippen LogP contribution in [0.2, 0.25) is 0 Å². The van der Waals surface area contributed by atoms with Crippen LogP contribution in [-0.4, -0.2) is 17.2 Å². The van der Waals surface area contributed by atoms with Gasteiger partial charge >= 0.3 is 0 Å². The van der Waals surface area contributed by atoms with Crippen LogP contribution in [-0.2, 0) is 5.88 Å². The Morgan fingerprint density at radius 3 is 2.35 bits per heavy atom. The summed E-state index contributed by atoms with van der Waals surface area (Å²) in [5.41, 5.74) is 1.57. The lowest BCUT2D eigenvalue weighted by atomic mass is 10.3. The van der Waals surface area contributed by atoms with Gasteiger partial charge in [-0.25, -0.2) is 4.39 Å². The molecule has 17 heavy (non-hydrogen) atoms. The number of hydrogen-bond donors (Lipinski definition) is 0. The number of hydrogen-bond acceptors (Lipinski definition) is 3. The van der Waals surface area contributed by atoms with E-state index in [4.69, 9.17) is 11.6 Å². The van der Waals surface area contributed by atoms with E-state index >= 15 is 0 Å². The zero-order valence-electron chi connectivity index (χ0n) is 9.27. The van der Waals surface area contributed by atoms with E-state index in [1.807, 2.05) is 24.1 Å². The van der Waals surface area contributed by atoms with Crippen LogP contribution < -0.4 is 4.90 Å². The second-order valence-corrected chi connectivity index (χ2v) is 3.82. The summed E-state index contributed by atoms with van der Waals surface area (Å²) in [5.74, 6) is 0.768. The summed E-state index contributed by atoms with van der Waals surface area (Å²) in [6.07, 6.45) is 0. The Bertz CT molecular complexity index is 484. The van der Waals surface area contributed by atoms with E-state index in [-0.39, 0.29) is 5.82 Å². The van der Waals surface area contributed by atoms with Crippen LogP contribution in [0.3, 0.4) is 0 Å². The molecular weight excluding hydrogens is 241 g/mol. The first-order valence-electron chi connectivity index (χ1n) is 5.08. The molecule has 0 aliphatic rings. The molecular formula is C12H11ClFN3. The van der Waals surface area contributed by atoms with Crippen molar-refractivity contribution in [2.75, 3.05) is 11.9 Å². The maximum absolute atomic E-state index is 12.8. The van der Waals surface area contributed by atoms with Gasteiger partial charge in [-0.3, -0.25) is 0 Å². The van der Waals surface area contributed by atoms with Crippen molar-refractivity contribution in [2.24, 2.45) is 0 Å². The normalized spacial score (nSPS) is 10.3. The molecule has 5 heteroatoms. The first kappa shape index (κ1) is 11.8. The first-order chi connectivity index (χ1) is 8.20. The largest absolute Gasteiger partial charge is 0.328 e. The number of nitrogens with zero attached hydrogens (tertiary/aromatic N) is 3. The van der Waals surface area contributed by atoms with Gasteiger partial charge in [0.05, 0.1) is 11.6 Å². The molecule has 0 aliphatic carbocycles. The lowest BCUT2D eigenvalue weighted by Gasteiger charge is -2.17. The van der Waals surface area contributed by atoms with Gasteiger partial charge in [-0.05, 0) is 36.4 Å². The minimum absolute atomic E-state index is 0.259. The highest BCUT2D eigenvalue weighted by molar-refractivity contribution is 6.16. The molecule has 0 amide bonds.